The highest BCUT2D eigenvalue weighted by Gasteiger charge is 2.18. The lowest BCUT2D eigenvalue weighted by Gasteiger charge is -2.25. The lowest BCUT2D eigenvalue weighted by molar-refractivity contribution is 0.181. The molecule has 2 heterocycles. The largest absolute Gasteiger partial charge is 0.489 e. The molecular formula is C19H19N3O2. The molecule has 122 valence electrons. The molecule has 3 aromatic rings. The predicted octanol–water partition coefficient (Wildman–Crippen LogP) is 3.52. The summed E-state index contributed by atoms with van der Waals surface area (Å²) in [5.41, 5.74) is 8.92. The molecule has 0 fully saturated rings. The van der Waals surface area contributed by atoms with Crippen LogP contribution in [0.4, 0.5) is 0 Å². The number of aromatic amines is 1. The molecule has 0 amide bonds. The minimum absolute atomic E-state index is 0.124. The molecule has 1 unspecified atom stereocenters. The maximum absolute atomic E-state index is 5.96. The summed E-state index contributed by atoms with van der Waals surface area (Å²) in [7, 11) is 0. The van der Waals surface area contributed by atoms with Gasteiger partial charge in [-0.2, -0.15) is 5.10 Å². The topological polar surface area (TPSA) is 73.2 Å². The summed E-state index contributed by atoms with van der Waals surface area (Å²) in [6, 6.07) is 15.8. The fourth-order valence-corrected chi connectivity index (χ4v) is 2.91. The molecule has 0 saturated heterocycles. The van der Waals surface area contributed by atoms with Gasteiger partial charge in [-0.05, 0) is 72.5 Å². The number of fused-ring (bicyclic) bond motifs is 1. The Balaban J connectivity index is 1.49. The van der Waals surface area contributed by atoms with Gasteiger partial charge in [-0.25, -0.2) is 0 Å². The molecule has 1 atom stereocenters. The number of H-pyrrole nitrogens is 1. The van der Waals surface area contributed by atoms with Gasteiger partial charge >= 0.3 is 0 Å². The number of nitrogens with two attached hydrogens (primary N) is 1. The molecule has 0 aliphatic carbocycles. The number of hydrogen-bond donors (Lipinski definition) is 2. The van der Waals surface area contributed by atoms with Gasteiger partial charge < -0.3 is 15.2 Å². The number of hydrogen-bond acceptors (Lipinski definition) is 4. The standard InChI is InChI=1S/C19H19N3O2/c20-12-17-6-3-14-11-16(7-8-19(14)24-17)23-15-4-1-13(2-5-15)18-9-10-21-22-18/h1-2,4-5,7-11,17H,3,6,12,20H2,(H,21,22). The van der Waals surface area contributed by atoms with Gasteiger partial charge in [0.25, 0.3) is 0 Å². The van der Waals surface area contributed by atoms with E-state index < -0.39 is 0 Å². The third kappa shape index (κ3) is 2.98. The molecule has 5 nitrogen and oxygen atoms in total. The Kier molecular flexibility index (Phi) is 3.92. The van der Waals surface area contributed by atoms with E-state index in [1.54, 1.807) is 6.20 Å². The first-order valence-electron chi connectivity index (χ1n) is 8.09. The Morgan fingerprint density at radius 3 is 2.71 bits per heavy atom. The zero-order chi connectivity index (χ0) is 16.4. The van der Waals surface area contributed by atoms with Crippen LogP contribution in [0.5, 0.6) is 17.2 Å². The smallest absolute Gasteiger partial charge is 0.127 e. The third-order valence-electron chi connectivity index (χ3n) is 4.23. The van der Waals surface area contributed by atoms with Crippen molar-refractivity contribution in [2.45, 2.75) is 18.9 Å². The Labute approximate surface area is 140 Å². The first-order chi connectivity index (χ1) is 11.8. The van der Waals surface area contributed by atoms with Crippen LogP contribution in [0.2, 0.25) is 0 Å². The van der Waals surface area contributed by atoms with E-state index >= 15 is 0 Å². The van der Waals surface area contributed by atoms with Crippen LogP contribution in [-0.2, 0) is 6.42 Å². The molecule has 5 heteroatoms. The van der Waals surface area contributed by atoms with E-state index in [0.717, 1.165) is 41.3 Å². The predicted molar refractivity (Wildman–Crippen MR) is 92.3 cm³/mol. The Morgan fingerprint density at radius 1 is 1.12 bits per heavy atom. The maximum Gasteiger partial charge on any atom is 0.127 e. The fourth-order valence-electron chi connectivity index (χ4n) is 2.91. The van der Waals surface area contributed by atoms with Crippen molar-refractivity contribution < 1.29 is 9.47 Å². The minimum atomic E-state index is 0.124. The quantitative estimate of drug-likeness (QED) is 0.771. The lowest BCUT2D eigenvalue weighted by Crippen LogP contribution is -2.30. The molecular weight excluding hydrogens is 302 g/mol. The third-order valence-corrected chi connectivity index (χ3v) is 4.23. The van der Waals surface area contributed by atoms with Crippen molar-refractivity contribution in [1.82, 2.24) is 10.2 Å². The highest BCUT2D eigenvalue weighted by molar-refractivity contribution is 5.59. The van der Waals surface area contributed by atoms with E-state index in [1.807, 2.05) is 48.5 Å². The normalized spacial score (nSPS) is 16.3. The number of aryl methyl sites for hydroxylation is 1. The van der Waals surface area contributed by atoms with Gasteiger partial charge in [0.15, 0.2) is 0 Å². The molecule has 0 spiro atoms. The Morgan fingerprint density at radius 2 is 1.96 bits per heavy atom. The van der Waals surface area contributed by atoms with E-state index in [2.05, 4.69) is 10.2 Å². The molecule has 1 aromatic heterocycles. The second kappa shape index (κ2) is 6.37. The van der Waals surface area contributed by atoms with Gasteiger partial charge in [0.1, 0.15) is 23.4 Å². The lowest BCUT2D eigenvalue weighted by atomic mass is 10.0. The summed E-state index contributed by atoms with van der Waals surface area (Å²) in [6.07, 6.45) is 3.78. The van der Waals surface area contributed by atoms with E-state index in [0.29, 0.717) is 6.54 Å². The van der Waals surface area contributed by atoms with Crippen LogP contribution in [0.25, 0.3) is 11.3 Å². The molecule has 0 bridgehead atoms. The van der Waals surface area contributed by atoms with Gasteiger partial charge in [-0.1, -0.05) is 0 Å². The second-order valence-corrected chi connectivity index (χ2v) is 5.88. The Bertz CT molecular complexity index is 813. The molecule has 1 aliphatic heterocycles. The van der Waals surface area contributed by atoms with Crippen LogP contribution in [0.3, 0.4) is 0 Å². The van der Waals surface area contributed by atoms with Crippen molar-refractivity contribution in [1.29, 1.82) is 0 Å². The van der Waals surface area contributed by atoms with Gasteiger partial charge in [-0.15, -0.1) is 0 Å². The summed E-state index contributed by atoms with van der Waals surface area (Å²) in [4.78, 5) is 0. The average molecular weight is 321 g/mol. The first-order valence-corrected chi connectivity index (χ1v) is 8.09. The van der Waals surface area contributed by atoms with Crippen molar-refractivity contribution in [3.8, 4) is 28.5 Å². The van der Waals surface area contributed by atoms with Crippen molar-refractivity contribution in [2.24, 2.45) is 5.73 Å². The van der Waals surface area contributed by atoms with E-state index in [4.69, 9.17) is 15.2 Å². The molecule has 0 radical (unpaired) electrons. The van der Waals surface area contributed by atoms with E-state index in [-0.39, 0.29) is 6.10 Å². The monoisotopic (exact) mass is 321 g/mol. The van der Waals surface area contributed by atoms with Crippen LogP contribution in [0, 0.1) is 0 Å². The number of nitrogens with one attached hydrogen (secondary N) is 1. The first kappa shape index (κ1) is 14.8. The minimum Gasteiger partial charge on any atom is -0.489 e. The van der Waals surface area contributed by atoms with E-state index in [9.17, 15) is 0 Å². The summed E-state index contributed by atoms with van der Waals surface area (Å²) in [5.74, 6) is 2.53. The molecule has 4 rings (SSSR count). The van der Waals surface area contributed by atoms with E-state index in [1.165, 1.54) is 5.56 Å². The van der Waals surface area contributed by atoms with Crippen molar-refractivity contribution in [2.75, 3.05) is 6.54 Å². The van der Waals surface area contributed by atoms with Crippen molar-refractivity contribution in [3.63, 3.8) is 0 Å². The zero-order valence-electron chi connectivity index (χ0n) is 13.2. The molecule has 24 heavy (non-hydrogen) atoms. The van der Waals surface area contributed by atoms with Crippen LogP contribution < -0.4 is 15.2 Å². The Hall–Kier alpha value is -2.79. The van der Waals surface area contributed by atoms with Gasteiger partial charge in [0, 0.05) is 12.7 Å². The number of rotatable bonds is 4. The summed E-state index contributed by atoms with van der Waals surface area (Å²) >= 11 is 0. The van der Waals surface area contributed by atoms with Gasteiger partial charge in [-0.3, -0.25) is 5.10 Å². The summed E-state index contributed by atoms with van der Waals surface area (Å²) < 4.78 is 11.8. The number of ether oxygens (including phenoxy) is 2. The van der Waals surface area contributed by atoms with Crippen molar-refractivity contribution in [3.05, 3.63) is 60.3 Å². The SMILES string of the molecule is NCC1CCc2cc(Oc3ccc(-c4ccn[nH]4)cc3)ccc2O1. The zero-order valence-corrected chi connectivity index (χ0v) is 13.2. The molecule has 0 saturated carbocycles. The van der Waals surface area contributed by atoms with Crippen molar-refractivity contribution >= 4 is 0 Å². The molecule has 1 aliphatic rings. The van der Waals surface area contributed by atoms with Crippen LogP contribution in [0.15, 0.2) is 54.7 Å². The highest BCUT2D eigenvalue weighted by atomic mass is 16.5. The molecule has 3 N–H and O–H groups in total. The van der Waals surface area contributed by atoms with Crippen LogP contribution in [-0.4, -0.2) is 22.8 Å². The summed E-state index contributed by atoms with van der Waals surface area (Å²) in [6.45, 7) is 0.556. The number of nitrogens with zero attached hydrogens (tertiary/aromatic N) is 1. The summed E-state index contributed by atoms with van der Waals surface area (Å²) in [5, 5.41) is 6.92. The highest BCUT2D eigenvalue weighted by Crippen LogP contribution is 2.33. The maximum atomic E-state index is 5.96. The van der Waals surface area contributed by atoms with Gasteiger partial charge in [0.05, 0.1) is 5.69 Å². The second-order valence-electron chi connectivity index (χ2n) is 5.88. The van der Waals surface area contributed by atoms with Gasteiger partial charge in [0.2, 0.25) is 0 Å². The number of aromatic nitrogens is 2. The molecule has 2 aromatic carbocycles. The van der Waals surface area contributed by atoms with Crippen LogP contribution >= 0.6 is 0 Å². The average Bonchev–Trinajstić information content (AvgIpc) is 3.16. The van der Waals surface area contributed by atoms with Crippen LogP contribution in [0.1, 0.15) is 12.0 Å². The number of benzene rings is 2. The fraction of sp³-hybridized carbons (Fsp3) is 0.211.